The molecule has 0 bridgehead atoms. The van der Waals surface area contributed by atoms with Gasteiger partial charge < -0.3 is 10.1 Å². The highest BCUT2D eigenvalue weighted by molar-refractivity contribution is 5.87. The Hall–Kier alpha value is -2.27. The Morgan fingerprint density at radius 1 is 1.08 bits per heavy atom. The molecular weight excluding hydrogens is 339 g/mol. The molecule has 3 rings (SSSR count). The summed E-state index contributed by atoms with van der Waals surface area (Å²) in [6.07, 6.45) is -0.227. The minimum absolute atomic E-state index is 0.0553. The highest BCUT2D eigenvalue weighted by Gasteiger charge is 2.30. The summed E-state index contributed by atoms with van der Waals surface area (Å²) in [6.45, 7) is 2.15. The number of fused-ring (bicyclic) bond motifs is 1. The number of rotatable bonds is 6. The number of nitrogens with one attached hydrogen (secondary N) is 1. The van der Waals surface area contributed by atoms with Gasteiger partial charge in [0.25, 0.3) is 0 Å². The van der Waals surface area contributed by atoms with Crippen molar-refractivity contribution in [1.29, 1.82) is 0 Å². The normalized spacial score (nSPS) is 13.3. The van der Waals surface area contributed by atoms with Crippen LogP contribution in [0.25, 0.3) is 10.9 Å². The second kappa shape index (κ2) is 7.54. The van der Waals surface area contributed by atoms with Gasteiger partial charge in [0, 0.05) is 29.6 Å². The number of halogens is 3. The molecule has 138 valence electrons. The minimum Gasteiger partial charge on any atom is -0.396 e. The second-order valence-electron chi connectivity index (χ2n) is 6.48. The van der Waals surface area contributed by atoms with Crippen LogP contribution in [-0.2, 0) is 12.6 Å². The average Bonchev–Trinajstić information content (AvgIpc) is 3.06. The van der Waals surface area contributed by atoms with Crippen LogP contribution in [-0.4, -0.2) is 16.7 Å². The van der Waals surface area contributed by atoms with E-state index >= 15 is 0 Å². The molecule has 0 aliphatic carbocycles. The smallest absolute Gasteiger partial charge is 0.396 e. The number of para-hydroxylation sites is 1. The van der Waals surface area contributed by atoms with Crippen molar-refractivity contribution in [2.45, 2.75) is 38.3 Å². The maximum Gasteiger partial charge on any atom is 0.416 e. The molecule has 1 heterocycles. The van der Waals surface area contributed by atoms with Crippen LogP contribution in [0, 0.1) is 0 Å². The number of hydrogen-bond donors (Lipinski definition) is 2. The lowest BCUT2D eigenvalue weighted by molar-refractivity contribution is -0.137. The van der Waals surface area contributed by atoms with Crippen LogP contribution in [0.15, 0.2) is 48.7 Å². The first-order chi connectivity index (χ1) is 12.5. The third-order valence-corrected chi connectivity index (χ3v) is 4.88. The molecule has 1 aromatic heterocycles. The van der Waals surface area contributed by atoms with Gasteiger partial charge in [-0.25, -0.2) is 0 Å². The zero-order valence-electron chi connectivity index (χ0n) is 14.6. The van der Waals surface area contributed by atoms with Gasteiger partial charge in [0.2, 0.25) is 0 Å². The van der Waals surface area contributed by atoms with Gasteiger partial charge in [-0.05, 0) is 48.1 Å². The van der Waals surface area contributed by atoms with Gasteiger partial charge in [0.15, 0.2) is 0 Å². The van der Waals surface area contributed by atoms with E-state index < -0.39 is 11.7 Å². The number of hydrogen-bond acceptors (Lipinski definition) is 1. The molecule has 0 saturated carbocycles. The maximum absolute atomic E-state index is 12.9. The molecule has 0 spiro atoms. The molecular formula is C21H22F3NO. The second-order valence-corrected chi connectivity index (χ2v) is 6.48. The summed E-state index contributed by atoms with van der Waals surface area (Å²) in [4.78, 5) is 3.33. The van der Waals surface area contributed by atoms with E-state index in [2.05, 4.69) is 18.0 Å². The molecule has 5 heteroatoms. The lowest BCUT2D eigenvalue weighted by Gasteiger charge is -2.18. The van der Waals surface area contributed by atoms with Crippen molar-refractivity contribution in [3.05, 3.63) is 70.9 Å². The highest BCUT2D eigenvalue weighted by atomic mass is 19.4. The largest absolute Gasteiger partial charge is 0.416 e. The predicted octanol–water partition coefficient (Wildman–Crippen LogP) is 5.65. The molecule has 26 heavy (non-hydrogen) atoms. The van der Waals surface area contributed by atoms with E-state index in [1.807, 2.05) is 18.3 Å². The summed E-state index contributed by atoms with van der Waals surface area (Å²) in [5.74, 6) is -0.0645. The third-order valence-electron chi connectivity index (χ3n) is 4.88. The van der Waals surface area contributed by atoms with Gasteiger partial charge in [-0.3, -0.25) is 0 Å². The molecule has 0 saturated heterocycles. The lowest BCUT2D eigenvalue weighted by atomic mass is 9.86. The number of benzene rings is 2. The van der Waals surface area contributed by atoms with Crippen LogP contribution in [0.5, 0.6) is 0 Å². The highest BCUT2D eigenvalue weighted by Crippen LogP contribution is 2.37. The van der Waals surface area contributed by atoms with Crippen LogP contribution >= 0.6 is 0 Å². The Morgan fingerprint density at radius 3 is 2.42 bits per heavy atom. The fourth-order valence-corrected chi connectivity index (χ4v) is 3.52. The van der Waals surface area contributed by atoms with Crippen LogP contribution < -0.4 is 0 Å². The first-order valence-corrected chi connectivity index (χ1v) is 8.82. The molecule has 3 aromatic rings. The van der Waals surface area contributed by atoms with E-state index in [1.165, 1.54) is 5.56 Å². The molecule has 2 aromatic carbocycles. The fraction of sp³-hybridized carbons (Fsp3) is 0.333. The van der Waals surface area contributed by atoms with Crippen LogP contribution in [0.4, 0.5) is 13.2 Å². The van der Waals surface area contributed by atoms with E-state index in [-0.39, 0.29) is 12.5 Å². The average molecular weight is 361 g/mol. The zero-order chi connectivity index (χ0) is 18.7. The maximum atomic E-state index is 12.9. The lowest BCUT2D eigenvalue weighted by Crippen LogP contribution is -2.06. The first-order valence-electron chi connectivity index (χ1n) is 8.82. The van der Waals surface area contributed by atoms with Crippen molar-refractivity contribution in [1.82, 2.24) is 4.98 Å². The number of alkyl halides is 3. The van der Waals surface area contributed by atoms with Gasteiger partial charge in [0.05, 0.1) is 5.56 Å². The summed E-state index contributed by atoms with van der Waals surface area (Å²) < 4.78 is 38.6. The van der Waals surface area contributed by atoms with Crippen LogP contribution in [0.2, 0.25) is 0 Å². The van der Waals surface area contributed by atoms with Gasteiger partial charge >= 0.3 is 6.18 Å². The molecule has 0 fully saturated rings. The van der Waals surface area contributed by atoms with Crippen LogP contribution in [0.1, 0.15) is 47.9 Å². The van der Waals surface area contributed by atoms with Crippen molar-refractivity contribution in [3.63, 3.8) is 0 Å². The van der Waals surface area contributed by atoms with E-state index in [4.69, 9.17) is 0 Å². The van der Waals surface area contributed by atoms with Crippen molar-refractivity contribution in [2.24, 2.45) is 0 Å². The molecule has 0 radical (unpaired) electrons. The first kappa shape index (κ1) is 18.5. The molecule has 0 aliphatic rings. The molecule has 1 unspecified atom stereocenters. The summed E-state index contributed by atoms with van der Waals surface area (Å²) in [5, 5.41) is 10.3. The SMILES string of the molecule is CCc1cccc2c(C(CCCO)c3ccc(C(F)(F)F)cc3)c[nH]c12. The van der Waals surface area contributed by atoms with Crippen molar-refractivity contribution < 1.29 is 18.3 Å². The zero-order valence-corrected chi connectivity index (χ0v) is 14.6. The summed E-state index contributed by atoms with van der Waals surface area (Å²) in [7, 11) is 0. The monoisotopic (exact) mass is 361 g/mol. The van der Waals surface area contributed by atoms with Crippen molar-refractivity contribution in [3.8, 4) is 0 Å². The Bertz CT molecular complexity index is 865. The van der Waals surface area contributed by atoms with Crippen LogP contribution in [0.3, 0.4) is 0 Å². The molecule has 1 atom stereocenters. The van der Waals surface area contributed by atoms with Gasteiger partial charge in [-0.2, -0.15) is 13.2 Å². The predicted molar refractivity (Wildman–Crippen MR) is 97.3 cm³/mol. The Morgan fingerprint density at radius 2 is 1.81 bits per heavy atom. The Kier molecular flexibility index (Phi) is 5.37. The van der Waals surface area contributed by atoms with E-state index in [0.717, 1.165) is 40.6 Å². The summed E-state index contributed by atoms with van der Waals surface area (Å²) >= 11 is 0. The molecule has 2 N–H and O–H groups in total. The summed E-state index contributed by atoms with van der Waals surface area (Å²) in [5.41, 5.74) is 3.53. The molecule has 0 aliphatic heterocycles. The topological polar surface area (TPSA) is 36.0 Å². The number of aryl methyl sites for hydroxylation is 1. The standard InChI is InChI=1S/C21H22F3NO/c1-2-14-5-3-6-18-19(13-25-20(14)18)17(7-4-12-26)15-8-10-16(11-9-15)21(22,23)24/h3,5-6,8-11,13,17,25-26H,2,4,7,12H2,1H3. The Balaban J connectivity index is 2.04. The van der Waals surface area contributed by atoms with Gasteiger partial charge in [-0.1, -0.05) is 37.3 Å². The summed E-state index contributed by atoms with van der Waals surface area (Å²) in [6, 6.07) is 11.5. The van der Waals surface area contributed by atoms with Gasteiger partial charge in [-0.15, -0.1) is 0 Å². The number of H-pyrrole nitrogens is 1. The number of aliphatic hydroxyl groups is 1. The van der Waals surface area contributed by atoms with Crippen molar-refractivity contribution >= 4 is 10.9 Å². The molecule has 2 nitrogen and oxygen atoms in total. The van der Waals surface area contributed by atoms with E-state index in [0.29, 0.717) is 12.8 Å². The number of aliphatic hydroxyl groups excluding tert-OH is 1. The van der Waals surface area contributed by atoms with Crippen molar-refractivity contribution in [2.75, 3.05) is 6.61 Å². The minimum atomic E-state index is -4.34. The molecule has 0 amide bonds. The number of aromatic amines is 1. The quantitative estimate of drug-likeness (QED) is 0.584. The number of aromatic nitrogens is 1. The van der Waals surface area contributed by atoms with E-state index in [9.17, 15) is 18.3 Å². The Labute approximate surface area is 150 Å². The fourth-order valence-electron chi connectivity index (χ4n) is 3.52. The van der Waals surface area contributed by atoms with E-state index in [1.54, 1.807) is 12.1 Å². The third kappa shape index (κ3) is 3.63. The van der Waals surface area contributed by atoms with Gasteiger partial charge in [0.1, 0.15) is 0 Å².